The molecule has 25 heavy (non-hydrogen) atoms. The summed E-state index contributed by atoms with van der Waals surface area (Å²) in [5.41, 5.74) is 1.54. The van der Waals surface area contributed by atoms with E-state index in [0.717, 1.165) is 37.2 Å². The average molecular weight is 342 g/mol. The van der Waals surface area contributed by atoms with Crippen LogP contribution in [0.4, 0.5) is 5.69 Å². The lowest BCUT2D eigenvalue weighted by Gasteiger charge is -2.35. The minimum Gasteiger partial charge on any atom is -0.508 e. The number of aromatic hydroxyl groups is 1. The van der Waals surface area contributed by atoms with Crippen LogP contribution < -0.4 is 4.74 Å². The molecule has 0 amide bonds. The van der Waals surface area contributed by atoms with Crippen LogP contribution in [-0.4, -0.2) is 35.1 Å². The largest absolute Gasteiger partial charge is 0.508 e. The van der Waals surface area contributed by atoms with Crippen LogP contribution in [0.5, 0.6) is 11.5 Å². The van der Waals surface area contributed by atoms with Crippen molar-refractivity contribution in [2.75, 3.05) is 20.2 Å². The summed E-state index contributed by atoms with van der Waals surface area (Å²) >= 11 is 0. The SMILES string of the molecule is COc1ccc([C@H](c2cc([N+](=O)[O-])ccc2O)N2CCCCC2)cc1. The number of hydrogen-bond donors (Lipinski definition) is 1. The number of piperidine rings is 1. The molecular formula is C19H22N2O4. The summed E-state index contributed by atoms with van der Waals surface area (Å²) in [6.45, 7) is 1.80. The lowest BCUT2D eigenvalue weighted by Crippen LogP contribution is -2.34. The Kier molecular flexibility index (Phi) is 5.19. The van der Waals surface area contributed by atoms with Gasteiger partial charge in [-0.3, -0.25) is 15.0 Å². The molecule has 1 aliphatic heterocycles. The summed E-state index contributed by atoms with van der Waals surface area (Å²) in [5, 5.41) is 21.6. The van der Waals surface area contributed by atoms with Gasteiger partial charge in [0.05, 0.1) is 18.1 Å². The van der Waals surface area contributed by atoms with Crippen molar-refractivity contribution in [3.05, 3.63) is 63.7 Å². The van der Waals surface area contributed by atoms with E-state index in [9.17, 15) is 15.2 Å². The van der Waals surface area contributed by atoms with Crippen molar-refractivity contribution in [1.29, 1.82) is 0 Å². The standard InChI is InChI=1S/C19H22N2O4/c1-25-16-8-5-14(6-9-16)19(20-11-3-2-4-12-20)17-13-15(21(23)24)7-10-18(17)22/h5-10,13,19,22H,2-4,11-12H2,1H3/t19-/m1/s1. The highest BCUT2D eigenvalue weighted by Gasteiger charge is 2.27. The van der Waals surface area contributed by atoms with Gasteiger partial charge in [0.1, 0.15) is 11.5 Å². The van der Waals surface area contributed by atoms with Crippen molar-refractivity contribution < 1.29 is 14.8 Å². The third-order valence-corrected chi connectivity index (χ3v) is 4.70. The van der Waals surface area contributed by atoms with E-state index in [1.807, 2.05) is 24.3 Å². The van der Waals surface area contributed by atoms with Crippen LogP contribution in [-0.2, 0) is 0 Å². The molecule has 1 heterocycles. The molecule has 0 spiro atoms. The van der Waals surface area contributed by atoms with Crippen molar-refractivity contribution >= 4 is 5.69 Å². The Balaban J connectivity index is 2.06. The minimum atomic E-state index is -0.426. The molecule has 0 aromatic heterocycles. The zero-order valence-electron chi connectivity index (χ0n) is 14.2. The van der Waals surface area contributed by atoms with Crippen LogP contribution in [0.2, 0.25) is 0 Å². The van der Waals surface area contributed by atoms with Gasteiger partial charge in [-0.1, -0.05) is 18.6 Å². The number of nitrogens with zero attached hydrogens (tertiary/aromatic N) is 2. The molecule has 0 bridgehead atoms. The van der Waals surface area contributed by atoms with Gasteiger partial charge in [-0.25, -0.2) is 0 Å². The quantitative estimate of drug-likeness (QED) is 0.659. The molecule has 1 N–H and O–H groups in total. The van der Waals surface area contributed by atoms with E-state index in [4.69, 9.17) is 4.74 Å². The van der Waals surface area contributed by atoms with Gasteiger partial charge in [0, 0.05) is 17.7 Å². The first-order valence-electron chi connectivity index (χ1n) is 8.45. The molecule has 0 unspecified atom stereocenters. The summed E-state index contributed by atoms with van der Waals surface area (Å²) in [5.74, 6) is 0.835. The first-order valence-corrected chi connectivity index (χ1v) is 8.45. The van der Waals surface area contributed by atoms with Crippen LogP contribution in [0.1, 0.15) is 36.4 Å². The number of nitro groups is 1. The highest BCUT2D eigenvalue weighted by molar-refractivity contribution is 5.48. The van der Waals surface area contributed by atoms with Crippen molar-refractivity contribution in [1.82, 2.24) is 4.90 Å². The molecule has 0 radical (unpaired) electrons. The third kappa shape index (κ3) is 3.74. The summed E-state index contributed by atoms with van der Waals surface area (Å²) in [6, 6.07) is 11.7. The van der Waals surface area contributed by atoms with E-state index in [2.05, 4.69) is 4.90 Å². The monoisotopic (exact) mass is 342 g/mol. The van der Waals surface area contributed by atoms with Gasteiger partial charge in [-0.15, -0.1) is 0 Å². The molecule has 0 aliphatic carbocycles. The molecule has 1 saturated heterocycles. The lowest BCUT2D eigenvalue weighted by molar-refractivity contribution is -0.385. The highest BCUT2D eigenvalue weighted by atomic mass is 16.6. The van der Waals surface area contributed by atoms with Gasteiger partial charge < -0.3 is 9.84 Å². The fraction of sp³-hybridized carbons (Fsp3) is 0.368. The molecule has 2 aromatic carbocycles. The molecule has 2 aromatic rings. The minimum absolute atomic E-state index is 0.0108. The predicted octanol–water partition coefficient (Wildman–Crippen LogP) is 3.88. The zero-order chi connectivity index (χ0) is 17.8. The maximum atomic E-state index is 11.2. The van der Waals surface area contributed by atoms with Crippen LogP contribution in [0.15, 0.2) is 42.5 Å². The Labute approximate surface area is 146 Å². The fourth-order valence-electron chi connectivity index (χ4n) is 3.42. The summed E-state index contributed by atoms with van der Waals surface area (Å²) in [7, 11) is 1.61. The van der Waals surface area contributed by atoms with Crippen LogP contribution in [0, 0.1) is 10.1 Å². The molecule has 6 heteroatoms. The summed E-state index contributed by atoms with van der Waals surface area (Å²) in [4.78, 5) is 13.0. The second kappa shape index (κ2) is 7.53. The van der Waals surface area contributed by atoms with E-state index in [1.54, 1.807) is 7.11 Å². The number of rotatable bonds is 5. The van der Waals surface area contributed by atoms with Crippen LogP contribution in [0.25, 0.3) is 0 Å². The number of ether oxygens (including phenoxy) is 1. The summed E-state index contributed by atoms with van der Waals surface area (Å²) < 4.78 is 5.22. The van der Waals surface area contributed by atoms with Gasteiger partial charge >= 0.3 is 0 Å². The number of benzene rings is 2. The second-order valence-electron chi connectivity index (χ2n) is 6.27. The molecule has 1 atom stereocenters. The number of phenolic OH excluding ortho intramolecular Hbond substituents is 1. The van der Waals surface area contributed by atoms with Gasteiger partial charge in [-0.05, 0) is 49.7 Å². The number of methoxy groups -OCH3 is 1. The number of hydrogen-bond acceptors (Lipinski definition) is 5. The third-order valence-electron chi connectivity index (χ3n) is 4.70. The molecule has 1 aliphatic rings. The zero-order valence-corrected chi connectivity index (χ0v) is 14.2. The Morgan fingerprint density at radius 3 is 2.40 bits per heavy atom. The van der Waals surface area contributed by atoms with E-state index in [-0.39, 0.29) is 17.5 Å². The van der Waals surface area contributed by atoms with Crippen molar-refractivity contribution in [3.8, 4) is 11.5 Å². The highest BCUT2D eigenvalue weighted by Crippen LogP contribution is 2.38. The fourth-order valence-corrected chi connectivity index (χ4v) is 3.42. The first kappa shape index (κ1) is 17.2. The summed E-state index contributed by atoms with van der Waals surface area (Å²) in [6.07, 6.45) is 3.36. The Morgan fingerprint density at radius 1 is 1.12 bits per heavy atom. The van der Waals surface area contributed by atoms with Gasteiger partial charge in [-0.2, -0.15) is 0 Å². The van der Waals surface area contributed by atoms with Gasteiger partial charge in [0.2, 0.25) is 0 Å². The normalized spacial score (nSPS) is 16.4. The van der Waals surface area contributed by atoms with Crippen molar-refractivity contribution in [2.24, 2.45) is 0 Å². The maximum absolute atomic E-state index is 11.2. The molecule has 1 fully saturated rings. The van der Waals surface area contributed by atoms with E-state index in [1.165, 1.54) is 24.6 Å². The van der Waals surface area contributed by atoms with Crippen molar-refractivity contribution in [2.45, 2.75) is 25.3 Å². The topological polar surface area (TPSA) is 75.8 Å². The molecule has 6 nitrogen and oxygen atoms in total. The predicted molar refractivity (Wildman–Crippen MR) is 95.0 cm³/mol. The number of nitro benzene ring substituents is 1. The van der Waals surface area contributed by atoms with Crippen LogP contribution in [0.3, 0.4) is 0 Å². The lowest BCUT2D eigenvalue weighted by atomic mass is 9.94. The molecule has 0 saturated carbocycles. The Hall–Kier alpha value is -2.60. The average Bonchev–Trinajstić information content (AvgIpc) is 2.65. The second-order valence-corrected chi connectivity index (χ2v) is 6.27. The van der Waals surface area contributed by atoms with E-state index < -0.39 is 4.92 Å². The molecule has 3 rings (SSSR count). The smallest absolute Gasteiger partial charge is 0.270 e. The Bertz CT molecular complexity index is 740. The van der Waals surface area contributed by atoms with E-state index in [0.29, 0.717) is 5.56 Å². The maximum Gasteiger partial charge on any atom is 0.270 e. The van der Waals surface area contributed by atoms with Crippen molar-refractivity contribution in [3.63, 3.8) is 0 Å². The van der Waals surface area contributed by atoms with Gasteiger partial charge in [0.25, 0.3) is 5.69 Å². The molecular weight excluding hydrogens is 320 g/mol. The van der Waals surface area contributed by atoms with Gasteiger partial charge in [0.15, 0.2) is 0 Å². The number of non-ortho nitro benzene ring substituents is 1. The molecule has 132 valence electrons. The Morgan fingerprint density at radius 2 is 1.80 bits per heavy atom. The first-order chi connectivity index (χ1) is 12.1. The number of phenols is 1. The number of likely N-dealkylation sites (tertiary alicyclic amines) is 1. The van der Waals surface area contributed by atoms with Crippen LogP contribution >= 0.6 is 0 Å². The van der Waals surface area contributed by atoms with E-state index >= 15 is 0 Å².